The van der Waals surface area contributed by atoms with Crippen molar-refractivity contribution in [3.05, 3.63) is 48.0 Å². The van der Waals surface area contributed by atoms with Crippen molar-refractivity contribution in [1.29, 1.82) is 0 Å². The van der Waals surface area contributed by atoms with E-state index in [0.29, 0.717) is 18.7 Å². The number of halogens is 1. The zero-order chi connectivity index (χ0) is 15.3. The Balaban J connectivity index is 2.00. The first-order chi connectivity index (χ1) is 10.0. The predicted octanol–water partition coefficient (Wildman–Crippen LogP) is 0.849. The van der Waals surface area contributed by atoms with Crippen LogP contribution in [0.15, 0.2) is 41.6 Å². The molecule has 0 aliphatic carbocycles. The van der Waals surface area contributed by atoms with Crippen molar-refractivity contribution < 1.29 is 12.8 Å². The summed E-state index contributed by atoms with van der Waals surface area (Å²) in [5, 5.41) is 3.98. The molecular formula is C13H17FN4O2S. The number of aromatic nitrogens is 2. The second-order valence-corrected chi connectivity index (χ2v) is 6.30. The lowest BCUT2D eigenvalue weighted by Crippen LogP contribution is -2.22. The molecule has 0 bridgehead atoms. The minimum Gasteiger partial charge on any atom is -0.330 e. The van der Waals surface area contributed by atoms with Crippen molar-refractivity contribution in [2.24, 2.45) is 5.73 Å². The summed E-state index contributed by atoms with van der Waals surface area (Å²) in [4.78, 5) is 0.0987. The molecular weight excluding hydrogens is 295 g/mol. The number of sulfonamides is 1. The second kappa shape index (κ2) is 6.79. The van der Waals surface area contributed by atoms with Gasteiger partial charge in [-0.3, -0.25) is 4.68 Å². The number of nitrogens with two attached hydrogens (primary N) is 1. The molecule has 0 aliphatic rings. The van der Waals surface area contributed by atoms with Crippen LogP contribution in [0, 0.1) is 5.82 Å². The Morgan fingerprint density at radius 3 is 2.67 bits per heavy atom. The van der Waals surface area contributed by atoms with Crippen LogP contribution in [0.4, 0.5) is 4.39 Å². The third-order valence-electron chi connectivity index (χ3n) is 2.89. The minimum absolute atomic E-state index is 0.0938. The topological polar surface area (TPSA) is 90.0 Å². The lowest BCUT2D eigenvalue weighted by Gasteiger charge is -2.04. The van der Waals surface area contributed by atoms with Crippen LogP contribution in [0.2, 0.25) is 0 Å². The summed E-state index contributed by atoms with van der Waals surface area (Å²) in [5.74, 6) is -0.359. The summed E-state index contributed by atoms with van der Waals surface area (Å²) >= 11 is 0. The van der Waals surface area contributed by atoms with Gasteiger partial charge in [-0.2, -0.15) is 5.10 Å². The molecule has 6 nitrogen and oxygen atoms in total. The molecule has 0 atom stereocenters. The van der Waals surface area contributed by atoms with Crippen molar-refractivity contribution in [3.63, 3.8) is 0 Å². The minimum atomic E-state index is -3.63. The molecule has 2 aromatic rings. The van der Waals surface area contributed by atoms with Gasteiger partial charge in [-0.25, -0.2) is 17.5 Å². The van der Waals surface area contributed by atoms with E-state index in [1.165, 1.54) is 36.7 Å². The van der Waals surface area contributed by atoms with Gasteiger partial charge in [-0.1, -0.05) is 12.1 Å². The lowest BCUT2D eigenvalue weighted by atomic mass is 10.2. The smallest absolute Gasteiger partial charge is 0.243 e. The van der Waals surface area contributed by atoms with Gasteiger partial charge in [-0.15, -0.1) is 0 Å². The van der Waals surface area contributed by atoms with Crippen molar-refractivity contribution >= 4 is 10.0 Å². The summed E-state index contributed by atoms with van der Waals surface area (Å²) < 4.78 is 41.0. The maximum absolute atomic E-state index is 12.8. The average Bonchev–Trinajstić information content (AvgIpc) is 2.94. The highest BCUT2D eigenvalue weighted by Gasteiger charge is 2.16. The molecule has 114 valence electrons. The van der Waals surface area contributed by atoms with Gasteiger partial charge in [0.1, 0.15) is 10.7 Å². The van der Waals surface area contributed by atoms with Gasteiger partial charge in [0, 0.05) is 19.3 Å². The summed E-state index contributed by atoms with van der Waals surface area (Å²) in [6.07, 6.45) is 3.48. The molecule has 0 amide bonds. The number of benzene rings is 1. The van der Waals surface area contributed by atoms with E-state index in [4.69, 9.17) is 5.73 Å². The van der Waals surface area contributed by atoms with Crippen LogP contribution < -0.4 is 10.5 Å². The second-order valence-electron chi connectivity index (χ2n) is 4.53. The average molecular weight is 312 g/mol. The molecule has 0 spiro atoms. The summed E-state index contributed by atoms with van der Waals surface area (Å²) in [7, 11) is -3.63. The summed E-state index contributed by atoms with van der Waals surface area (Å²) in [6, 6.07) is 5.63. The highest BCUT2D eigenvalue weighted by atomic mass is 32.2. The van der Waals surface area contributed by atoms with E-state index in [1.807, 2.05) is 0 Å². The molecule has 1 aromatic carbocycles. The summed E-state index contributed by atoms with van der Waals surface area (Å²) in [6.45, 7) is 1.19. The van der Waals surface area contributed by atoms with Gasteiger partial charge in [0.15, 0.2) is 0 Å². The molecule has 1 heterocycles. The first-order valence-electron chi connectivity index (χ1n) is 6.48. The van der Waals surface area contributed by atoms with Gasteiger partial charge in [0.05, 0.1) is 6.20 Å². The van der Waals surface area contributed by atoms with Gasteiger partial charge >= 0.3 is 0 Å². The van der Waals surface area contributed by atoms with E-state index < -0.39 is 10.0 Å². The molecule has 0 saturated carbocycles. The van der Waals surface area contributed by atoms with Crippen molar-refractivity contribution in [1.82, 2.24) is 14.5 Å². The predicted molar refractivity (Wildman–Crippen MR) is 76.3 cm³/mol. The summed E-state index contributed by atoms with van der Waals surface area (Å²) in [5.41, 5.74) is 6.07. The van der Waals surface area contributed by atoms with E-state index in [9.17, 15) is 12.8 Å². The van der Waals surface area contributed by atoms with Crippen molar-refractivity contribution in [2.75, 3.05) is 6.54 Å². The molecule has 0 aliphatic heterocycles. The molecule has 0 radical (unpaired) electrons. The van der Waals surface area contributed by atoms with Crippen LogP contribution in [0.5, 0.6) is 0 Å². The maximum atomic E-state index is 12.8. The van der Waals surface area contributed by atoms with Crippen LogP contribution in [0.3, 0.4) is 0 Å². The Labute approximate surface area is 122 Å². The van der Waals surface area contributed by atoms with E-state index in [2.05, 4.69) is 9.82 Å². The molecule has 21 heavy (non-hydrogen) atoms. The standard InChI is InChI=1S/C13H17FN4O2S/c14-12-4-2-11(3-5-12)8-17-21(19,20)13-9-16-18(10-13)7-1-6-15/h2-5,9-10,17H,1,6-8,15H2. The quantitative estimate of drug-likeness (QED) is 0.793. The number of aryl methyl sites for hydroxylation is 1. The molecule has 1 aromatic heterocycles. The number of hydrogen-bond acceptors (Lipinski definition) is 4. The van der Waals surface area contributed by atoms with Gasteiger partial charge < -0.3 is 5.73 Å². The van der Waals surface area contributed by atoms with Gasteiger partial charge in [-0.05, 0) is 30.7 Å². The Hall–Kier alpha value is -1.77. The highest BCUT2D eigenvalue weighted by Crippen LogP contribution is 2.09. The zero-order valence-corrected chi connectivity index (χ0v) is 12.2. The maximum Gasteiger partial charge on any atom is 0.243 e. The lowest BCUT2D eigenvalue weighted by molar-refractivity contribution is 0.576. The van der Waals surface area contributed by atoms with Gasteiger partial charge in [0.2, 0.25) is 10.0 Å². The fourth-order valence-electron chi connectivity index (χ4n) is 1.72. The number of nitrogens with one attached hydrogen (secondary N) is 1. The molecule has 2 rings (SSSR count). The number of hydrogen-bond donors (Lipinski definition) is 2. The first-order valence-corrected chi connectivity index (χ1v) is 7.96. The van der Waals surface area contributed by atoms with E-state index in [0.717, 1.165) is 6.42 Å². The molecule has 0 saturated heterocycles. The Bertz CT molecular complexity index is 682. The normalized spacial score (nSPS) is 11.7. The van der Waals surface area contributed by atoms with Crippen LogP contribution in [-0.2, 0) is 23.1 Å². The van der Waals surface area contributed by atoms with E-state index in [-0.39, 0.29) is 17.3 Å². The third-order valence-corrected chi connectivity index (χ3v) is 4.25. The number of nitrogens with zero attached hydrogens (tertiary/aromatic N) is 2. The Morgan fingerprint density at radius 1 is 1.29 bits per heavy atom. The van der Waals surface area contributed by atoms with E-state index in [1.54, 1.807) is 4.68 Å². The van der Waals surface area contributed by atoms with E-state index >= 15 is 0 Å². The number of rotatable bonds is 7. The third kappa shape index (κ3) is 4.35. The largest absolute Gasteiger partial charge is 0.330 e. The van der Waals surface area contributed by atoms with Crippen LogP contribution in [0.1, 0.15) is 12.0 Å². The Kier molecular flexibility index (Phi) is 5.05. The van der Waals surface area contributed by atoms with Crippen LogP contribution >= 0.6 is 0 Å². The molecule has 0 fully saturated rings. The van der Waals surface area contributed by atoms with Crippen molar-refractivity contribution in [2.45, 2.75) is 24.4 Å². The zero-order valence-electron chi connectivity index (χ0n) is 11.4. The highest BCUT2D eigenvalue weighted by molar-refractivity contribution is 7.89. The van der Waals surface area contributed by atoms with Crippen molar-refractivity contribution in [3.8, 4) is 0 Å². The fourth-order valence-corrected chi connectivity index (χ4v) is 2.69. The Morgan fingerprint density at radius 2 is 2.00 bits per heavy atom. The fraction of sp³-hybridized carbons (Fsp3) is 0.308. The molecule has 8 heteroatoms. The molecule has 0 unspecified atom stereocenters. The first kappa shape index (κ1) is 15.6. The monoisotopic (exact) mass is 312 g/mol. The van der Waals surface area contributed by atoms with Gasteiger partial charge in [0.25, 0.3) is 0 Å². The van der Waals surface area contributed by atoms with Crippen LogP contribution in [0.25, 0.3) is 0 Å². The SMILES string of the molecule is NCCCn1cc(S(=O)(=O)NCc2ccc(F)cc2)cn1. The van der Waals surface area contributed by atoms with Crippen LogP contribution in [-0.4, -0.2) is 24.7 Å². The molecule has 3 N–H and O–H groups in total.